The number of benzene rings is 1. The molecule has 1 heterocycles. The lowest BCUT2D eigenvalue weighted by atomic mass is 10.1. The van der Waals surface area contributed by atoms with E-state index in [-0.39, 0.29) is 0 Å². The van der Waals surface area contributed by atoms with Gasteiger partial charge in [-0.25, -0.2) is 8.42 Å². The summed E-state index contributed by atoms with van der Waals surface area (Å²) in [6.45, 7) is 6.42. The quantitative estimate of drug-likeness (QED) is 0.478. The van der Waals surface area contributed by atoms with E-state index in [0.29, 0.717) is 25.9 Å². The van der Waals surface area contributed by atoms with Gasteiger partial charge in [-0.05, 0) is 36.9 Å². The number of carbonyl (C=O) groups is 1. The lowest BCUT2D eigenvalue weighted by Crippen LogP contribution is -2.41. The summed E-state index contributed by atoms with van der Waals surface area (Å²) >= 11 is 5.44. The van der Waals surface area contributed by atoms with Crippen molar-refractivity contribution in [3.63, 3.8) is 0 Å². The van der Waals surface area contributed by atoms with Crippen LogP contribution in [0.25, 0.3) is 0 Å². The van der Waals surface area contributed by atoms with Crippen LogP contribution in [0.4, 0.5) is 4.79 Å². The number of halogens is 1. The van der Waals surface area contributed by atoms with E-state index in [0.717, 1.165) is 11.1 Å². The Bertz CT molecular complexity index is 646. The van der Waals surface area contributed by atoms with Crippen LogP contribution in [0.2, 0.25) is 0 Å². The average molecular weight is 342 g/mol. The maximum absolute atomic E-state index is 12.9. The molecule has 0 aromatic heterocycles. The minimum absolute atomic E-state index is 0.379. The molecule has 1 aliphatic rings. The van der Waals surface area contributed by atoms with Gasteiger partial charge in [0.05, 0.1) is 5.25 Å². The Hall–Kier alpha value is -1.33. The first-order valence-electron chi connectivity index (χ1n) is 7.22. The maximum Gasteiger partial charge on any atom is 0.316 e. The van der Waals surface area contributed by atoms with E-state index >= 15 is 0 Å². The smallest absolute Gasteiger partial charge is 0.316 e. The number of likely N-dealkylation sites (tertiary alicyclic amines) is 1. The molecule has 22 heavy (non-hydrogen) atoms. The minimum Gasteiger partial charge on any atom is -0.329 e. The molecule has 1 unspecified atom stereocenters. The number of hydrogen-bond acceptors (Lipinski definition) is 3. The Kier molecular flexibility index (Phi) is 5.29. The number of carbonyl (C=O) groups excluding carboxylic acids is 1. The van der Waals surface area contributed by atoms with Gasteiger partial charge in [0, 0.05) is 13.1 Å². The molecule has 4 nitrogen and oxygen atoms in total. The van der Waals surface area contributed by atoms with Crippen molar-refractivity contribution in [2.45, 2.75) is 30.3 Å². The molecule has 1 fully saturated rings. The van der Waals surface area contributed by atoms with Crippen molar-refractivity contribution >= 4 is 26.8 Å². The van der Waals surface area contributed by atoms with Gasteiger partial charge in [-0.2, -0.15) is 0 Å². The molecule has 0 saturated carbocycles. The van der Waals surface area contributed by atoms with Crippen molar-refractivity contribution in [2.24, 2.45) is 0 Å². The van der Waals surface area contributed by atoms with Crippen LogP contribution in [0.3, 0.4) is 0 Å². The Morgan fingerprint density at radius 1 is 1.32 bits per heavy atom. The van der Waals surface area contributed by atoms with E-state index in [1.54, 1.807) is 0 Å². The van der Waals surface area contributed by atoms with Gasteiger partial charge in [0.15, 0.2) is 9.84 Å². The predicted molar refractivity (Wildman–Crippen MR) is 88.9 cm³/mol. The van der Waals surface area contributed by atoms with Crippen LogP contribution in [0.1, 0.15) is 29.2 Å². The standard InChI is InChI=1S/C16H20ClNO3S/c1-3-15(13-6-4-12(2)5-7-13)22(20,21)14-8-10-18(11-9-14)16(17)19/h3-7,14-15H,1,8-11H2,2H3. The third-order valence-corrected chi connectivity index (χ3v) is 6.94. The summed E-state index contributed by atoms with van der Waals surface area (Å²) in [6.07, 6.45) is 2.31. The molecule has 120 valence electrons. The van der Waals surface area contributed by atoms with E-state index < -0.39 is 25.7 Å². The highest BCUT2D eigenvalue weighted by Crippen LogP contribution is 2.32. The number of amides is 1. The SMILES string of the molecule is C=CC(c1ccc(C)cc1)S(=O)(=O)C1CCN(C(=O)Cl)CC1. The monoisotopic (exact) mass is 341 g/mol. The minimum atomic E-state index is -3.39. The molecule has 2 rings (SSSR count). The van der Waals surface area contributed by atoms with Crippen molar-refractivity contribution in [3.8, 4) is 0 Å². The molecule has 1 atom stereocenters. The van der Waals surface area contributed by atoms with Crippen LogP contribution in [0.15, 0.2) is 36.9 Å². The van der Waals surface area contributed by atoms with Gasteiger partial charge in [0.1, 0.15) is 5.25 Å². The molecule has 1 aliphatic heterocycles. The van der Waals surface area contributed by atoms with Crippen LogP contribution in [-0.4, -0.2) is 37.0 Å². The summed E-state index contributed by atoms with van der Waals surface area (Å²) in [6, 6.07) is 7.46. The highest BCUT2D eigenvalue weighted by atomic mass is 35.5. The largest absolute Gasteiger partial charge is 0.329 e. The summed E-state index contributed by atoms with van der Waals surface area (Å²) in [5, 5.41) is -1.70. The Labute approximate surface area is 136 Å². The first-order valence-corrected chi connectivity index (χ1v) is 9.21. The number of piperidine rings is 1. The second-order valence-corrected chi connectivity index (χ2v) is 8.27. The molecule has 0 bridgehead atoms. The predicted octanol–water partition coefficient (Wildman–Crippen LogP) is 3.46. The number of rotatable bonds is 4. The molecule has 1 amide bonds. The maximum atomic E-state index is 12.9. The molecule has 0 radical (unpaired) electrons. The van der Waals surface area contributed by atoms with Crippen LogP contribution in [0.5, 0.6) is 0 Å². The number of aryl methyl sites for hydroxylation is 1. The van der Waals surface area contributed by atoms with Gasteiger partial charge in [-0.1, -0.05) is 35.9 Å². The summed E-state index contributed by atoms with van der Waals surface area (Å²) in [5.74, 6) is 0. The fourth-order valence-electron chi connectivity index (χ4n) is 2.78. The summed E-state index contributed by atoms with van der Waals surface area (Å²) in [7, 11) is -3.39. The van der Waals surface area contributed by atoms with Gasteiger partial charge in [0.2, 0.25) is 0 Å². The van der Waals surface area contributed by atoms with Gasteiger partial charge < -0.3 is 4.90 Å². The summed E-state index contributed by atoms with van der Waals surface area (Å²) < 4.78 is 25.7. The van der Waals surface area contributed by atoms with E-state index in [9.17, 15) is 13.2 Å². The van der Waals surface area contributed by atoms with E-state index in [4.69, 9.17) is 11.6 Å². The molecule has 1 saturated heterocycles. The molecule has 0 spiro atoms. The van der Waals surface area contributed by atoms with Crippen molar-refractivity contribution in [2.75, 3.05) is 13.1 Å². The third-order valence-electron chi connectivity index (χ3n) is 4.13. The molecular weight excluding hydrogens is 322 g/mol. The van der Waals surface area contributed by atoms with Crippen LogP contribution in [-0.2, 0) is 9.84 Å². The second kappa shape index (κ2) is 6.84. The fourth-order valence-corrected chi connectivity index (χ4v) is 5.04. The van der Waals surface area contributed by atoms with E-state index in [1.807, 2.05) is 31.2 Å². The first kappa shape index (κ1) is 17.0. The Balaban J connectivity index is 2.19. The van der Waals surface area contributed by atoms with Gasteiger partial charge in [0.25, 0.3) is 0 Å². The molecule has 6 heteroatoms. The zero-order chi connectivity index (χ0) is 16.3. The van der Waals surface area contributed by atoms with E-state index in [2.05, 4.69) is 6.58 Å². The molecule has 0 aliphatic carbocycles. The summed E-state index contributed by atoms with van der Waals surface area (Å²) in [4.78, 5) is 12.6. The fraction of sp³-hybridized carbons (Fsp3) is 0.438. The number of nitrogens with zero attached hydrogens (tertiary/aromatic N) is 1. The molecular formula is C16H20ClNO3S. The van der Waals surface area contributed by atoms with Crippen LogP contribution >= 0.6 is 11.6 Å². The van der Waals surface area contributed by atoms with E-state index in [1.165, 1.54) is 11.0 Å². The highest BCUT2D eigenvalue weighted by Gasteiger charge is 2.36. The average Bonchev–Trinajstić information content (AvgIpc) is 2.50. The summed E-state index contributed by atoms with van der Waals surface area (Å²) in [5.41, 5.74) is 1.81. The zero-order valence-electron chi connectivity index (χ0n) is 12.5. The van der Waals surface area contributed by atoms with Crippen molar-refractivity contribution in [3.05, 3.63) is 48.0 Å². The lowest BCUT2D eigenvalue weighted by Gasteiger charge is -2.31. The van der Waals surface area contributed by atoms with Crippen LogP contribution in [0, 0.1) is 6.92 Å². The zero-order valence-corrected chi connectivity index (χ0v) is 14.1. The molecule has 1 aromatic carbocycles. The third kappa shape index (κ3) is 3.52. The van der Waals surface area contributed by atoms with Crippen molar-refractivity contribution < 1.29 is 13.2 Å². The van der Waals surface area contributed by atoms with Gasteiger partial charge >= 0.3 is 5.37 Å². The lowest BCUT2D eigenvalue weighted by molar-refractivity contribution is 0.210. The Morgan fingerprint density at radius 3 is 2.32 bits per heavy atom. The number of hydrogen-bond donors (Lipinski definition) is 0. The number of sulfone groups is 1. The van der Waals surface area contributed by atoms with Crippen molar-refractivity contribution in [1.82, 2.24) is 4.90 Å². The Morgan fingerprint density at radius 2 is 1.86 bits per heavy atom. The molecule has 1 aromatic rings. The van der Waals surface area contributed by atoms with Gasteiger partial charge in [-0.3, -0.25) is 4.79 Å². The topological polar surface area (TPSA) is 54.5 Å². The van der Waals surface area contributed by atoms with Gasteiger partial charge in [-0.15, -0.1) is 6.58 Å². The van der Waals surface area contributed by atoms with Crippen LogP contribution < -0.4 is 0 Å². The second-order valence-electron chi connectivity index (χ2n) is 5.60. The first-order chi connectivity index (χ1) is 10.4. The van der Waals surface area contributed by atoms with Crippen molar-refractivity contribution in [1.29, 1.82) is 0 Å². The highest BCUT2D eigenvalue weighted by molar-refractivity contribution is 7.92. The molecule has 0 N–H and O–H groups in total. The normalized spacial score (nSPS) is 18.0.